The zero-order valence-corrected chi connectivity index (χ0v) is 6.84. The molecule has 4 heteroatoms. The molecule has 0 aromatic carbocycles. The summed E-state index contributed by atoms with van der Waals surface area (Å²) in [6.45, 7) is 0. The molecule has 0 saturated heterocycles. The van der Waals surface area contributed by atoms with Gasteiger partial charge in [-0.2, -0.15) is 0 Å². The van der Waals surface area contributed by atoms with E-state index < -0.39 is 5.97 Å². The molecule has 0 unspecified atom stereocenters. The number of hydrogen-bond acceptors (Lipinski definition) is 4. The van der Waals surface area contributed by atoms with Crippen LogP contribution in [0.1, 0.15) is 10.5 Å². The summed E-state index contributed by atoms with van der Waals surface area (Å²) in [4.78, 5) is 15.2. The third-order valence-corrected chi connectivity index (χ3v) is 1.53. The molecular formula is C7H7NO2S. The Balaban J connectivity index is 3.03. The summed E-state index contributed by atoms with van der Waals surface area (Å²) < 4.78 is 4.47. The van der Waals surface area contributed by atoms with Crippen molar-refractivity contribution in [2.45, 2.75) is 4.90 Å². The summed E-state index contributed by atoms with van der Waals surface area (Å²) in [5.74, 6) is -0.462. The molecule has 0 bridgehead atoms. The van der Waals surface area contributed by atoms with Crippen LogP contribution in [0.2, 0.25) is 0 Å². The van der Waals surface area contributed by atoms with Gasteiger partial charge in [-0.05, 0) is 12.1 Å². The number of thiol groups is 1. The molecule has 0 saturated carbocycles. The minimum Gasteiger partial charge on any atom is -0.464 e. The van der Waals surface area contributed by atoms with Gasteiger partial charge < -0.3 is 4.74 Å². The van der Waals surface area contributed by atoms with Crippen molar-refractivity contribution in [3.05, 3.63) is 24.0 Å². The zero-order valence-electron chi connectivity index (χ0n) is 5.94. The van der Waals surface area contributed by atoms with Crippen LogP contribution in [-0.2, 0) is 4.74 Å². The van der Waals surface area contributed by atoms with Crippen LogP contribution in [0.4, 0.5) is 0 Å². The number of hydrogen-bond donors (Lipinski definition) is 1. The van der Waals surface area contributed by atoms with Gasteiger partial charge in [0.05, 0.1) is 7.11 Å². The lowest BCUT2D eigenvalue weighted by atomic mass is 10.3. The number of carbonyl (C=O) groups is 1. The second kappa shape index (κ2) is 3.39. The molecule has 1 heterocycles. The highest BCUT2D eigenvalue weighted by Crippen LogP contribution is 2.10. The molecule has 1 aromatic rings. The van der Waals surface area contributed by atoms with E-state index in [-0.39, 0.29) is 5.69 Å². The van der Waals surface area contributed by atoms with Crippen molar-refractivity contribution in [2.75, 3.05) is 7.11 Å². The largest absolute Gasteiger partial charge is 0.464 e. The number of ether oxygens (including phenoxy) is 1. The van der Waals surface area contributed by atoms with Crippen molar-refractivity contribution in [1.29, 1.82) is 0 Å². The molecular weight excluding hydrogens is 162 g/mol. The summed E-state index contributed by atoms with van der Waals surface area (Å²) in [5, 5.41) is 0. The van der Waals surface area contributed by atoms with E-state index >= 15 is 0 Å². The smallest absolute Gasteiger partial charge is 0.357 e. The van der Waals surface area contributed by atoms with Gasteiger partial charge >= 0.3 is 5.97 Å². The van der Waals surface area contributed by atoms with E-state index in [4.69, 9.17) is 0 Å². The van der Waals surface area contributed by atoms with Crippen LogP contribution in [-0.4, -0.2) is 18.1 Å². The van der Waals surface area contributed by atoms with Gasteiger partial charge in [-0.3, -0.25) is 0 Å². The Labute approximate surface area is 69.8 Å². The lowest BCUT2D eigenvalue weighted by molar-refractivity contribution is 0.0590. The first-order chi connectivity index (χ1) is 5.25. The molecule has 58 valence electrons. The van der Waals surface area contributed by atoms with E-state index in [0.29, 0.717) is 4.90 Å². The average Bonchev–Trinajstić information content (AvgIpc) is 2.04. The summed E-state index contributed by atoms with van der Waals surface area (Å²) in [6.07, 6.45) is 1.52. The minimum absolute atomic E-state index is 0.248. The summed E-state index contributed by atoms with van der Waals surface area (Å²) in [7, 11) is 1.31. The number of methoxy groups -OCH3 is 1. The normalized spacial score (nSPS) is 9.27. The van der Waals surface area contributed by atoms with Gasteiger partial charge in [0.15, 0.2) is 5.69 Å². The van der Waals surface area contributed by atoms with Crippen molar-refractivity contribution in [1.82, 2.24) is 4.98 Å². The first-order valence-electron chi connectivity index (χ1n) is 2.98. The zero-order chi connectivity index (χ0) is 8.27. The van der Waals surface area contributed by atoms with E-state index in [1.54, 1.807) is 12.1 Å². The lowest BCUT2D eigenvalue weighted by Gasteiger charge is -1.99. The molecule has 0 N–H and O–H groups in total. The Bertz CT molecular complexity index is 275. The van der Waals surface area contributed by atoms with Gasteiger partial charge in [-0.25, -0.2) is 9.78 Å². The Morgan fingerprint density at radius 1 is 1.73 bits per heavy atom. The van der Waals surface area contributed by atoms with E-state index in [0.717, 1.165) is 0 Å². The summed E-state index contributed by atoms with van der Waals surface area (Å²) in [5.41, 5.74) is 0.248. The average molecular weight is 169 g/mol. The van der Waals surface area contributed by atoms with Crippen molar-refractivity contribution < 1.29 is 9.53 Å². The van der Waals surface area contributed by atoms with Crippen molar-refractivity contribution in [3.63, 3.8) is 0 Å². The van der Waals surface area contributed by atoms with Gasteiger partial charge in [0, 0.05) is 11.1 Å². The third kappa shape index (κ3) is 1.71. The van der Waals surface area contributed by atoms with E-state index in [1.807, 2.05) is 0 Å². The number of rotatable bonds is 1. The van der Waals surface area contributed by atoms with Crippen LogP contribution in [0.25, 0.3) is 0 Å². The quantitative estimate of drug-likeness (QED) is 0.506. The van der Waals surface area contributed by atoms with Crippen molar-refractivity contribution in [2.24, 2.45) is 0 Å². The minimum atomic E-state index is -0.462. The fourth-order valence-corrected chi connectivity index (χ4v) is 0.886. The van der Waals surface area contributed by atoms with Crippen molar-refractivity contribution >= 4 is 18.6 Å². The SMILES string of the molecule is COC(=O)c1ncccc1S. The van der Waals surface area contributed by atoms with Gasteiger partial charge in [0.2, 0.25) is 0 Å². The van der Waals surface area contributed by atoms with Gasteiger partial charge in [0.1, 0.15) is 0 Å². The maximum Gasteiger partial charge on any atom is 0.357 e. The molecule has 0 aliphatic rings. The van der Waals surface area contributed by atoms with Crippen LogP contribution < -0.4 is 0 Å². The van der Waals surface area contributed by atoms with E-state index in [2.05, 4.69) is 22.3 Å². The second-order valence-corrected chi connectivity index (χ2v) is 2.34. The predicted octanol–water partition coefficient (Wildman–Crippen LogP) is 1.16. The third-order valence-electron chi connectivity index (χ3n) is 1.17. The Hall–Kier alpha value is -1.03. The Kier molecular flexibility index (Phi) is 2.48. The number of esters is 1. The molecule has 0 fully saturated rings. The number of pyridine rings is 1. The highest BCUT2D eigenvalue weighted by Gasteiger charge is 2.08. The topological polar surface area (TPSA) is 39.2 Å². The Morgan fingerprint density at radius 3 is 3.00 bits per heavy atom. The van der Waals surface area contributed by atoms with Gasteiger partial charge in [-0.1, -0.05) is 0 Å². The first-order valence-corrected chi connectivity index (χ1v) is 3.42. The standard InChI is InChI=1S/C7H7NO2S/c1-10-7(9)6-5(11)3-2-4-8-6/h2-4,11H,1H3. The number of nitrogens with zero attached hydrogens (tertiary/aromatic N) is 1. The number of carbonyl (C=O) groups excluding carboxylic acids is 1. The maximum atomic E-state index is 10.9. The predicted molar refractivity (Wildman–Crippen MR) is 42.8 cm³/mol. The molecule has 0 aliphatic carbocycles. The van der Waals surface area contributed by atoms with Crippen LogP contribution in [0, 0.1) is 0 Å². The van der Waals surface area contributed by atoms with Crippen LogP contribution >= 0.6 is 12.6 Å². The molecule has 1 aromatic heterocycles. The molecule has 0 radical (unpaired) electrons. The summed E-state index contributed by atoms with van der Waals surface area (Å²) in [6, 6.07) is 3.39. The Morgan fingerprint density at radius 2 is 2.45 bits per heavy atom. The van der Waals surface area contributed by atoms with Gasteiger partial charge in [0.25, 0.3) is 0 Å². The highest BCUT2D eigenvalue weighted by atomic mass is 32.1. The van der Waals surface area contributed by atoms with E-state index in [9.17, 15) is 4.79 Å². The number of aromatic nitrogens is 1. The maximum absolute atomic E-state index is 10.9. The fraction of sp³-hybridized carbons (Fsp3) is 0.143. The molecule has 11 heavy (non-hydrogen) atoms. The van der Waals surface area contributed by atoms with Crippen LogP contribution in [0.15, 0.2) is 23.2 Å². The molecule has 1 rings (SSSR count). The highest BCUT2D eigenvalue weighted by molar-refractivity contribution is 7.80. The molecule has 0 amide bonds. The van der Waals surface area contributed by atoms with Crippen LogP contribution in [0.5, 0.6) is 0 Å². The lowest BCUT2D eigenvalue weighted by Crippen LogP contribution is -2.04. The molecule has 0 aliphatic heterocycles. The fourth-order valence-electron chi connectivity index (χ4n) is 0.651. The molecule has 3 nitrogen and oxygen atoms in total. The molecule has 0 atom stereocenters. The molecule has 0 spiro atoms. The van der Waals surface area contributed by atoms with E-state index in [1.165, 1.54) is 13.3 Å². The second-order valence-electron chi connectivity index (χ2n) is 1.86. The monoisotopic (exact) mass is 169 g/mol. The summed E-state index contributed by atoms with van der Waals surface area (Å²) >= 11 is 4.03. The van der Waals surface area contributed by atoms with Crippen LogP contribution in [0.3, 0.4) is 0 Å². The van der Waals surface area contributed by atoms with Crippen molar-refractivity contribution in [3.8, 4) is 0 Å². The van der Waals surface area contributed by atoms with Gasteiger partial charge in [-0.15, -0.1) is 12.6 Å². The first kappa shape index (κ1) is 8.07.